The van der Waals surface area contributed by atoms with Crippen molar-refractivity contribution in [3.63, 3.8) is 0 Å². The van der Waals surface area contributed by atoms with E-state index in [4.69, 9.17) is 16.3 Å². The highest BCUT2D eigenvalue weighted by molar-refractivity contribution is 6.31. The Morgan fingerprint density at radius 1 is 1.11 bits per heavy atom. The molecule has 9 heteroatoms. The van der Waals surface area contributed by atoms with Crippen LogP contribution in [-0.2, 0) is 20.5 Å². The average molecular weight is 399 g/mol. The summed E-state index contributed by atoms with van der Waals surface area (Å²) in [7, 11) is 0. The Morgan fingerprint density at radius 3 is 2.63 bits per heavy atom. The van der Waals surface area contributed by atoms with Gasteiger partial charge in [-0.1, -0.05) is 17.7 Å². The number of ether oxygens (including phenoxy) is 1. The molecular formula is C18H14ClF3N2O3. The van der Waals surface area contributed by atoms with E-state index in [1.807, 2.05) is 0 Å². The first-order valence-electron chi connectivity index (χ1n) is 8.26. The fraction of sp³-hybridized carbons (Fsp3) is 0.333. The zero-order chi connectivity index (χ0) is 19.3. The van der Waals surface area contributed by atoms with Gasteiger partial charge in [0, 0.05) is 41.4 Å². The van der Waals surface area contributed by atoms with Crippen molar-refractivity contribution in [2.75, 3.05) is 19.8 Å². The summed E-state index contributed by atoms with van der Waals surface area (Å²) in [6.07, 6.45) is -4.16. The molecule has 0 saturated heterocycles. The van der Waals surface area contributed by atoms with E-state index in [-0.39, 0.29) is 35.7 Å². The maximum absolute atomic E-state index is 13.3. The predicted octanol–water partition coefficient (Wildman–Crippen LogP) is 2.67. The molecule has 0 aromatic heterocycles. The fourth-order valence-corrected chi connectivity index (χ4v) is 3.94. The van der Waals surface area contributed by atoms with Gasteiger partial charge in [0.1, 0.15) is 6.61 Å². The van der Waals surface area contributed by atoms with Gasteiger partial charge >= 0.3 is 6.18 Å². The van der Waals surface area contributed by atoms with E-state index >= 15 is 0 Å². The molecule has 0 fully saturated rings. The van der Waals surface area contributed by atoms with Crippen molar-refractivity contribution in [2.24, 2.45) is 0 Å². The molecule has 1 amide bonds. The highest BCUT2D eigenvalue weighted by atomic mass is 35.5. The molecule has 3 aliphatic rings. The van der Waals surface area contributed by atoms with Crippen LogP contribution in [0.4, 0.5) is 13.2 Å². The predicted molar refractivity (Wildman–Crippen MR) is 89.8 cm³/mol. The largest absolute Gasteiger partial charge is 0.417 e. The first-order chi connectivity index (χ1) is 12.8. The number of ketones is 1. The Bertz CT molecular complexity index is 879. The third kappa shape index (κ3) is 3.02. The topological polar surface area (TPSA) is 67.4 Å². The number of benzene rings is 1. The monoisotopic (exact) mass is 398 g/mol. The number of alkyl halides is 3. The lowest BCUT2D eigenvalue weighted by atomic mass is 9.76. The molecule has 3 heterocycles. The minimum atomic E-state index is -4.65. The van der Waals surface area contributed by atoms with Crippen LogP contribution in [-0.4, -0.2) is 31.4 Å². The van der Waals surface area contributed by atoms with E-state index < -0.39 is 28.6 Å². The molecule has 0 bridgehead atoms. The van der Waals surface area contributed by atoms with Crippen LogP contribution in [0.3, 0.4) is 0 Å². The van der Waals surface area contributed by atoms with Gasteiger partial charge in [0.15, 0.2) is 5.78 Å². The van der Waals surface area contributed by atoms with Gasteiger partial charge in [-0.25, -0.2) is 0 Å². The van der Waals surface area contributed by atoms with Crippen LogP contribution in [0.15, 0.2) is 40.7 Å². The number of hydrogen-bond donors (Lipinski definition) is 2. The van der Waals surface area contributed by atoms with Gasteiger partial charge in [-0.2, -0.15) is 13.2 Å². The summed E-state index contributed by atoms with van der Waals surface area (Å²) in [5, 5.41) is 5.34. The molecule has 1 atom stereocenters. The minimum Gasteiger partial charge on any atom is -0.367 e. The van der Waals surface area contributed by atoms with Crippen molar-refractivity contribution in [3.05, 3.63) is 56.9 Å². The SMILES string of the molecule is O=C1COCC2=C1C(c1ccc(Cl)c(C(F)(F)F)c1)C1=C(CCNC1=O)N2. The highest BCUT2D eigenvalue weighted by Crippen LogP contribution is 2.44. The minimum absolute atomic E-state index is 0.135. The van der Waals surface area contributed by atoms with Gasteiger partial charge in [-0.15, -0.1) is 0 Å². The Labute approximate surface area is 157 Å². The lowest BCUT2D eigenvalue weighted by Gasteiger charge is -2.37. The van der Waals surface area contributed by atoms with Crippen molar-refractivity contribution in [3.8, 4) is 0 Å². The standard InChI is InChI=1S/C18H14ClF3N2O3/c19-10-2-1-8(5-9(10)18(20,21)22)14-15-12(6-27-7-13(15)25)24-11-3-4-23-17(26)16(11)14/h1-2,5,14,24H,3-4,6-7H2,(H,23,26). The highest BCUT2D eigenvalue weighted by Gasteiger charge is 2.42. The van der Waals surface area contributed by atoms with Crippen molar-refractivity contribution in [1.29, 1.82) is 0 Å². The Morgan fingerprint density at radius 2 is 1.89 bits per heavy atom. The number of nitrogens with one attached hydrogen (secondary N) is 2. The number of rotatable bonds is 1. The Kier molecular flexibility index (Phi) is 4.27. The lowest BCUT2D eigenvalue weighted by Crippen LogP contribution is -2.44. The number of Topliss-reactive ketones (excluding diaryl/α,β-unsaturated/α-hetero) is 1. The van der Waals surface area contributed by atoms with Gasteiger partial charge in [0.05, 0.1) is 17.2 Å². The quantitative estimate of drug-likeness (QED) is 0.763. The maximum atomic E-state index is 13.3. The Hall–Kier alpha value is -2.32. The van der Waals surface area contributed by atoms with E-state index in [1.54, 1.807) is 0 Å². The molecule has 142 valence electrons. The van der Waals surface area contributed by atoms with Crippen LogP contribution in [0, 0.1) is 0 Å². The second-order valence-corrected chi connectivity index (χ2v) is 6.91. The number of hydrogen-bond acceptors (Lipinski definition) is 4. The molecular weight excluding hydrogens is 385 g/mol. The van der Waals surface area contributed by atoms with Crippen LogP contribution in [0.2, 0.25) is 5.02 Å². The van der Waals surface area contributed by atoms with Gasteiger partial charge in [-0.05, 0) is 17.7 Å². The summed E-state index contributed by atoms with van der Waals surface area (Å²) in [5.41, 5.74) is 0.830. The summed E-state index contributed by atoms with van der Waals surface area (Å²) in [6.45, 7) is 0.361. The third-order valence-corrected chi connectivity index (χ3v) is 5.17. The molecule has 1 aromatic rings. The van der Waals surface area contributed by atoms with E-state index in [9.17, 15) is 22.8 Å². The van der Waals surface area contributed by atoms with E-state index in [1.165, 1.54) is 6.07 Å². The van der Waals surface area contributed by atoms with Gasteiger partial charge < -0.3 is 15.4 Å². The van der Waals surface area contributed by atoms with Crippen molar-refractivity contribution in [2.45, 2.75) is 18.5 Å². The van der Waals surface area contributed by atoms with E-state index in [0.29, 0.717) is 24.4 Å². The molecule has 2 N–H and O–H groups in total. The molecule has 5 nitrogen and oxygen atoms in total. The fourth-order valence-electron chi connectivity index (χ4n) is 3.71. The van der Waals surface area contributed by atoms with Crippen LogP contribution in [0.5, 0.6) is 0 Å². The summed E-state index contributed by atoms with van der Waals surface area (Å²) in [4.78, 5) is 25.0. The zero-order valence-electron chi connectivity index (χ0n) is 13.9. The van der Waals surface area contributed by atoms with Crippen LogP contribution < -0.4 is 10.6 Å². The second kappa shape index (κ2) is 6.38. The summed E-state index contributed by atoms with van der Waals surface area (Å²) < 4.78 is 45.2. The number of carbonyl (C=O) groups is 2. The second-order valence-electron chi connectivity index (χ2n) is 6.50. The molecule has 27 heavy (non-hydrogen) atoms. The van der Waals surface area contributed by atoms with Crippen molar-refractivity contribution >= 4 is 23.3 Å². The molecule has 0 radical (unpaired) electrons. The Balaban J connectivity index is 1.92. The number of halogens is 4. The summed E-state index contributed by atoms with van der Waals surface area (Å²) >= 11 is 5.73. The number of dihydropyridines is 1. The molecule has 0 saturated carbocycles. The van der Waals surface area contributed by atoms with Crippen molar-refractivity contribution in [1.82, 2.24) is 10.6 Å². The first-order valence-corrected chi connectivity index (χ1v) is 8.64. The zero-order valence-corrected chi connectivity index (χ0v) is 14.6. The molecule has 4 rings (SSSR count). The number of carbonyl (C=O) groups excluding carboxylic acids is 2. The molecule has 1 unspecified atom stereocenters. The van der Waals surface area contributed by atoms with Gasteiger partial charge in [0.2, 0.25) is 5.91 Å². The van der Waals surface area contributed by atoms with E-state index in [2.05, 4.69) is 10.6 Å². The van der Waals surface area contributed by atoms with Crippen molar-refractivity contribution < 1.29 is 27.5 Å². The third-order valence-electron chi connectivity index (χ3n) is 4.84. The molecule has 1 aromatic carbocycles. The van der Waals surface area contributed by atoms with Crippen LogP contribution in [0.25, 0.3) is 0 Å². The summed E-state index contributed by atoms with van der Waals surface area (Å²) in [6, 6.07) is 3.48. The first kappa shape index (κ1) is 18.1. The molecule has 0 spiro atoms. The van der Waals surface area contributed by atoms with Crippen LogP contribution in [0.1, 0.15) is 23.5 Å². The van der Waals surface area contributed by atoms with E-state index in [0.717, 1.165) is 12.1 Å². The molecule has 0 aliphatic carbocycles. The summed E-state index contributed by atoms with van der Waals surface area (Å²) in [5.74, 6) is -1.66. The van der Waals surface area contributed by atoms with Gasteiger partial charge in [0.25, 0.3) is 0 Å². The average Bonchev–Trinajstić information content (AvgIpc) is 2.60. The smallest absolute Gasteiger partial charge is 0.367 e. The normalized spacial score (nSPS) is 22.9. The lowest BCUT2D eigenvalue weighted by molar-refractivity contribution is -0.137. The number of amides is 1. The van der Waals surface area contributed by atoms with Crippen LogP contribution >= 0.6 is 11.6 Å². The van der Waals surface area contributed by atoms with Gasteiger partial charge in [-0.3, -0.25) is 9.59 Å². The molecule has 3 aliphatic heterocycles. The maximum Gasteiger partial charge on any atom is 0.417 e.